The molecule has 1 aromatic rings. The molecule has 1 fully saturated rings. The van der Waals surface area contributed by atoms with Crippen LogP contribution in [0.4, 0.5) is 0 Å². The molecule has 0 bridgehead atoms. The molecule has 5 nitrogen and oxygen atoms in total. The van der Waals surface area contributed by atoms with Gasteiger partial charge in [0.1, 0.15) is 11.9 Å². The van der Waals surface area contributed by atoms with Gasteiger partial charge in [-0.05, 0) is 50.1 Å². The summed E-state index contributed by atoms with van der Waals surface area (Å²) >= 11 is 0. The number of hydrogen-bond donors (Lipinski definition) is 0. The summed E-state index contributed by atoms with van der Waals surface area (Å²) in [5, 5.41) is 0. The molecule has 23 heavy (non-hydrogen) atoms. The maximum absolute atomic E-state index is 11.5. The van der Waals surface area contributed by atoms with Crippen LogP contribution in [0.2, 0.25) is 0 Å². The monoisotopic (exact) mass is 320 g/mol. The first kappa shape index (κ1) is 17.5. The molecule has 0 N–H and O–H groups in total. The third-order valence-corrected chi connectivity index (χ3v) is 3.43. The molecule has 1 aliphatic heterocycles. The summed E-state index contributed by atoms with van der Waals surface area (Å²) in [6.07, 6.45) is 3.27. The van der Waals surface area contributed by atoms with Crippen LogP contribution >= 0.6 is 0 Å². The van der Waals surface area contributed by atoms with Gasteiger partial charge in [-0.25, -0.2) is 4.79 Å². The number of carbonyl (C=O) groups is 1. The Morgan fingerprint density at radius 3 is 2.83 bits per heavy atom. The maximum atomic E-state index is 11.5. The molecule has 0 amide bonds. The minimum atomic E-state index is -0.354. The Morgan fingerprint density at radius 1 is 1.39 bits per heavy atom. The van der Waals surface area contributed by atoms with Crippen LogP contribution in [0.1, 0.15) is 38.0 Å². The lowest BCUT2D eigenvalue weighted by Gasteiger charge is -2.17. The smallest absolute Gasteiger partial charge is 0.330 e. The van der Waals surface area contributed by atoms with E-state index < -0.39 is 0 Å². The Labute approximate surface area is 137 Å². The Hall–Kier alpha value is -1.85. The second-order valence-electron chi connectivity index (χ2n) is 5.24. The van der Waals surface area contributed by atoms with E-state index in [4.69, 9.17) is 18.9 Å². The summed E-state index contributed by atoms with van der Waals surface area (Å²) in [5.41, 5.74) is 1.88. The molecule has 1 aromatic carbocycles. The van der Waals surface area contributed by atoms with E-state index in [1.807, 2.05) is 32.0 Å². The van der Waals surface area contributed by atoms with Crippen LogP contribution in [0.5, 0.6) is 5.75 Å². The number of rotatable bonds is 9. The molecule has 0 unspecified atom stereocenters. The minimum Gasteiger partial charge on any atom is -0.494 e. The van der Waals surface area contributed by atoms with Crippen LogP contribution in [-0.2, 0) is 19.0 Å². The van der Waals surface area contributed by atoms with Gasteiger partial charge in [-0.15, -0.1) is 0 Å². The lowest BCUT2D eigenvalue weighted by atomic mass is 10.0. The van der Waals surface area contributed by atoms with E-state index in [2.05, 4.69) is 0 Å². The van der Waals surface area contributed by atoms with Crippen LogP contribution in [0.25, 0.3) is 6.08 Å². The molecule has 0 aliphatic carbocycles. The zero-order chi connectivity index (χ0) is 16.7. The zero-order valence-corrected chi connectivity index (χ0v) is 13.9. The predicted octanol–water partition coefficient (Wildman–Crippen LogP) is 3.14. The van der Waals surface area contributed by atoms with Crippen molar-refractivity contribution in [2.24, 2.45) is 0 Å². The van der Waals surface area contributed by atoms with Gasteiger partial charge in [0.25, 0.3) is 0 Å². The Bertz CT molecular complexity index is 548. The van der Waals surface area contributed by atoms with Gasteiger partial charge in [0.2, 0.25) is 0 Å². The molecule has 1 saturated heterocycles. The summed E-state index contributed by atoms with van der Waals surface area (Å²) in [6.45, 7) is 8.00. The number of hydrogen-bond acceptors (Lipinski definition) is 5. The van der Waals surface area contributed by atoms with Crippen molar-refractivity contribution in [3.8, 4) is 5.75 Å². The Morgan fingerprint density at radius 2 is 2.17 bits per heavy atom. The third kappa shape index (κ3) is 5.69. The molecule has 0 radical (unpaired) electrons. The zero-order valence-electron chi connectivity index (χ0n) is 13.9. The molecule has 5 heteroatoms. The van der Waals surface area contributed by atoms with Gasteiger partial charge < -0.3 is 18.9 Å². The van der Waals surface area contributed by atoms with Crippen molar-refractivity contribution in [2.75, 3.05) is 26.4 Å². The quantitative estimate of drug-likeness (QED) is 0.397. The van der Waals surface area contributed by atoms with E-state index in [9.17, 15) is 4.79 Å². The molecule has 126 valence electrons. The van der Waals surface area contributed by atoms with Crippen LogP contribution in [0.3, 0.4) is 0 Å². The summed E-state index contributed by atoms with van der Waals surface area (Å²) < 4.78 is 21.5. The van der Waals surface area contributed by atoms with Crippen molar-refractivity contribution >= 4 is 12.0 Å². The van der Waals surface area contributed by atoms with E-state index in [1.165, 1.54) is 6.08 Å². The van der Waals surface area contributed by atoms with Crippen LogP contribution < -0.4 is 4.74 Å². The SMILES string of the molecule is CCOC(=O)C=Cc1ccc(OCC)cc1[C@@H](C)OC[C@H]1CO1. The van der Waals surface area contributed by atoms with Crippen molar-refractivity contribution in [1.29, 1.82) is 0 Å². The van der Waals surface area contributed by atoms with Crippen LogP contribution in [-0.4, -0.2) is 38.5 Å². The normalized spacial score (nSPS) is 18.0. The van der Waals surface area contributed by atoms with Crippen molar-refractivity contribution in [2.45, 2.75) is 33.0 Å². The molecule has 0 saturated carbocycles. The number of ether oxygens (including phenoxy) is 4. The summed E-state index contributed by atoms with van der Waals surface area (Å²) in [5.74, 6) is 0.432. The van der Waals surface area contributed by atoms with E-state index in [-0.39, 0.29) is 18.2 Å². The molecular weight excluding hydrogens is 296 g/mol. The van der Waals surface area contributed by atoms with E-state index in [0.717, 1.165) is 23.5 Å². The first-order valence-corrected chi connectivity index (χ1v) is 7.98. The highest BCUT2D eigenvalue weighted by Gasteiger charge is 2.24. The van der Waals surface area contributed by atoms with Gasteiger partial charge in [0.05, 0.1) is 32.5 Å². The lowest BCUT2D eigenvalue weighted by molar-refractivity contribution is -0.137. The molecular formula is C18H24O5. The Balaban J connectivity index is 2.15. The standard InChI is InChI=1S/C18H24O5/c1-4-20-15-8-6-14(7-9-18(19)21-5-2)17(10-15)13(3)22-11-16-12-23-16/h6-10,13,16H,4-5,11-12H2,1-3H3/t13-,16+/m1/s1. The minimum absolute atomic E-state index is 0.124. The number of esters is 1. The molecule has 0 aromatic heterocycles. The molecule has 1 heterocycles. The van der Waals surface area contributed by atoms with Crippen molar-refractivity contribution in [3.63, 3.8) is 0 Å². The van der Waals surface area contributed by atoms with Crippen molar-refractivity contribution < 1.29 is 23.7 Å². The fraction of sp³-hybridized carbons (Fsp3) is 0.500. The van der Waals surface area contributed by atoms with Crippen LogP contribution in [0.15, 0.2) is 24.3 Å². The highest BCUT2D eigenvalue weighted by Crippen LogP contribution is 2.28. The fourth-order valence-electron chi connectivity index (χ4n) is 2.17. The van der Waals surface area contributed by atoms with Crippen molar-refractivity contribution in [1.82, 2.24) is 0 Å². The number of benzene rings is 1. The lowest BCUT2D eigenvalue weighted by Crippen LogP contribution is -2.08. The van der Waals surface area contributed by atoms with Gasteiger partial charge in [-0.1, -0.05) is 6.07 Å². The summed E-state index contributed by atoms with van der Waals surface area (Å²) in [6, 6.07) is 5.75. The average Bonchev–Trinajstić information content (AvgIpc) is 3.36. The molecule has 0 spiro atoms. The number of epoxide rings is 1. The number of carbonyl (C=O) groups excluding carboxylic acids is 1. The Kier molecular flexibility index (Phi) is 6.62. The average molecular weight is 320 g/mol. The maximum Gasteiger partial charge on any atom is 0.330 e. The van der Waals surface area contributed by atoms with E-state index in [1.54, 1.807) is 13.0 Å². The fourth-order valence-corrected chi connectivity index (χ4v) is 2.17. The second-order valence-corrected chi connectivity index (χ2v) is 5.24. The van der Waals surface area contributed by atoms with Crippen LogP contribution in [0, 0.1) is 0 Å². The molecule has 1 aliphatic rings. The van der Waals surface area contributed by atoms with Crippen molar-refractivity contribution in [3.05, 3.63) is 35.4 Å². The largest absolute Gasteiger partial charge is 0.494 e. The highest BCUT2D eigenvalue weighted by molar-refractivity contribution is 5.87. The van der Waals surface area contributed by atoms with Gasteiger partial charge in [-0.2, -0.15) is 0 Å². The first-order chi connectivity index (χ1) is 11.1. The predicted molar refractivity (Wildman–Crippen MR) is 87.4 cm³/mol. The molecule has 2 atom stereocenters. The van der Waals surface area contributed by atoms with E-state index >= 15 is 0 Å². The summed E-state index contributed by atoms with van der Waals surface area (Å²) in [7, 11) is 0. The van der Waals surface area contributed by atoms with Gasteiger partial charge >= 0.3 is 5.97 Å². The topological polar surface area (TPSA) is 57.3 Å². The molecule has 2 rings (SSSR count). The van der Waals surface area contributed by atoms with E-state index in [0.29, 0.717) is 19.8 Å². The first-order valence-electron chi connectivity index (χ1n) is 7.98. The van der Waals surface area contributed by atoms with Gasteiger partial charge in [0.15, 0.2) is 0 Å². The van der Waals surface area contributed by atoms with Gasteiger partial charge in [0, 0.05) is 6.08 Å². The second kappa shape index (κ2) is 8.70. The third-order valence-electron chi connectivity index (χ3n) is 3.43. The van der Waals surface area contributed by atoms with Gasteiger partial charge in [-0.3, -0.25) is 0 Å². The highest BCUT2D eigenvalue weighted by atomic mass is 16.6. The summed E-state index contributed by atoms with van der Waals surface area (Å²) in [4.78, 5) is 11.5.